The van der Waals surface area contributed by atoms with Crippen LogP contribution >= 0.6 is 12.4 Å². The first kappa shape index (κ1) is 84.6. The van der Waals surface area contributed by atoms with Crippen LogP contribution in [0.15, 0.2) is 211 Å². The molecule has 25 heteroatoms. The molecule has 2 unspecified atom stereocenters. The molecule has 6 atom stereocenters. The number of phenolic OH excluding ortho intramolecular Hbond substituents is 2. The highest BCUT2D eigenvalue weighted by atomic mass is 35.5. The van der Waals surface area contributed by atoms with Crippen molar-refractivity contribution in [3.05, 3.63) is 279 Å². The largest absolute Gasteiger partial charge is 0.508 e. The van der Waals surface area contributed by atoms with E-state index in [0.29, 0.717) is 106 Å². The number of amides is 6. The van der Waals surface area contributed by atoms with Crippen LogP contribution < -0.4 is 35.6 Å². The number of halogens is 3. The van der Waals surface area contributed by atoms with Crippen LogP contribution in [-0.2, 0) is 59.4 Å². The Morgan fingerprint density at radius 1 is 0.434 bits per heavy atom. The quantitative estimate of drug-likeness (QED) is 0.0446. The Bertz CT molecular complexity index is 5450. The molecule has 9 aromatic rings. The van der Waals surface area contributed by atoms with Gasteiger partial charge in [-0.15, -0.1) is 12.4 Å². The molecule has 10 aliphatic rings. The lowest BCUT2D eigenvalue weighted by Crippen LogP contribution is -2.53. The number of aromatic hydroxyl groups is 2. The number of hydrogen-bond acceptors (Lipinski definition) is 17. The molecule has 0 saturated carbocycles. The number of piperidine rings is 4. The van der Waals surface area contributed by atoms with Crippen LogP contribution in [0.2, 0.25) is 0 Å². The summed E-state index contributed by atoms with van der Waals surface area (Å²) < 4.78 is 62.3. The van der Waals surface area contributed by atoms with Crippen molar-refractivity contribution in [1.29, 1.82) is 0 Å². The summed E-state index contributed by atoms with van der Waals surface area (Å²) >= 11 is 0. The highest BCUT2D eigenvalue weighted by Gasteiger charge is 2.44. The van der Waals surface area contributed by atoms with Crippen molar-refractivity contribution in [3.63, 3.8) is 0 Å². The minimum absolute atomic E-state index is 0. The number of carbonyl (C=O) groups excluding carboxylic acids is 6. The number of benzene rings is 9. The van der Waals surface area contributed by atoms with E-state index in [4.69, 9.17) is 4.18 Å². The maximum absolute atomic E-state index is 16.4. The Labute approximate surface area is 717 Å². The smallest absolute Gasteiger partial charge is 0.297 e. The van der Waals surface area contributed by atoms with Crippen molar-refractivity contribution in [2.75, 3.05) is 111 Å². The number of rotatable bonds is 16. The molecule has 0 spiro atoms. The molecule has 6 saturated heterocycles. The number of piperazine rings is 2. The van der Waals surface area contributed by atoms with Gasteiger partial charge in [0.25, 0.3) is 21.9 Å². The SMILES string of the molecule is Cc1ccc(S(=O)(=O)OCC2(F)CCN(c3ccc([C@@H]4c5ccc(O)cc5CC[C@@H]4c4ccccc4)cc3)CC2)cc1.Cl.O=C1CCC(N2Cc3cc(N4CCN(CC5(F)CCN(c6ccc([C@@H]7c8ccc(O)cc8CC[C@@H]7c7ccccc7)cc6)CC5)CC4)ccc3C2=O)C(=O)N1.O=C1CCC(N2Cc3cc(N4CCNCC4)ccc3C2=O)C(=O)N1. The van der Waals surface area contributed by atoms with Crippen LogP contribution in [0.5, 0.6) is 11.5 Å². The van der Waals surface area contributed by atoms with E-state index in [1.165, 1.54) is 56.6 Å². The summed E-state index contributed by atoms with van der Waals surface area (Å²) in [5, 5.41) is 28.3. The molecule has 8 heterocycles. The van der Waals surface area contributed by atoms with Crippen molar-refractivity contribution in [3.8, 4) is 11.5 Å². The van der Waals surface area contributed by atoms with Gasteiger partial charge in [-0.3, -0.25) is 48.5 Å². The standard InChI is InChI=1S/C45H48FN5O4.C35H36FNO4S.C17H20N4O3.ClH/c46-45(29-48-22-24-50(25-23-48)35-11-14-39-33(26-35)28-51(44(39)55)40-16-17-41(53)47-43(40)54)18-20-49(21-19-45)34-9-6-31(7-10-34)42-37(30-4-2-1-3-5-30)13-8-32-27-36(52)12-15-38(32)42;1-25-7-15-31(16-8-25)42(39,40)41-24-35(36)19-21-37(22-20-35)29-12-9-27(10-13-29)34-32(26-5-3-2-4-6-26)17-11-28-23-30(38)14-18-33(28)34;22-15-4-3-14(16(23)19-15)21-10-11-9-12(1-2-13(11)17(21)24)20-7-5-18-6-8-20;/h1-7,9-12,14-15,26-27,37,40,42,52H,8,13,16-25,28-29H2,(H,47,53,54);2-10,12-16,18,23,32,34,38H,11,17,19-22,24H2,1H3;1-2,9,14,18H,3-8,10H2,(H,19,22,23);1H/t37-,40?,42+;32-,34+;;/m11../s1. The van der Waals surface area contributed by atoms with Gasteiger partial charge in [-0.05, 0) is 210 Å². The van der Waals surface area contributed by atoms with E-state index < -0.39 is 46.1 Å². The van der Waals surface area contributed by atoms with Gasteiger partial charge >= 0.3 is 0 Å². The average Bonchev–Trinajstić information content (AvgIpc) is 1.07. The molecule has 0 aromatic heterocycles. The molecule has 2 aliphatic carbocycles. The average molecular weight is 1690 g/mol. The number of nitrogens with one attached hydrogen (secondary N) is 3. The first-order valence-electron chi connectivity index (χ1n) is 42.8. The predicted molar refractivity (Wildman–Crippen MR) is 469 cm³/mol. The van der Waals surface area contributed by atoms with Gasteiger partial charge < -0.3 is 44.9 Å². The third-order valence-electron chi connectivity index (χ3n) is 26.7. The summed E-state index contributed by atoms with van der Waals surface area (Å²) in [6.07, 6.45) is 6.51. The molecule has 19 rings (SSSR count). The van der Waals surface area contributed by atoms with Crippen LogP contribution in [-0.4, -0.2) is 184 Å². The van der Waals surface area contributed by atoms with E-state index in [-0.39, 0.29) is 84.4 Å². The normalized spacial score (nSPS) is 22.5. The molecule has 0 bridgehead atoms. The predicted octanol–water partition coefficient (Wildman–Crippen LogP) is 13.7. The minimum atomic E-state index is -4.01. The van der Waals surface area contributed by atoms with E-state index in [9.17, 15) is 47.4 Å². The van der Waals surface area contributed by atoms with Gasteiger partial charge in [-0.25, -0.2) is 8.78 Å². The number of phenols is 2. The second-order valence-corrected chi connectivity index (χ2v) is 35.9. The lowest BCUT2D eigenvalue weighted by molar-refractivity contribution is -0.138. The molecule has 6 amide bonds. The van der Waals surface area contributed by atoms with Crippen molar-refractivity contribution in [2.24, 2.45) is 0 Å². The summed E-state index contributed by atoms with van der Waals surface area (Å²) in [5.41, 5.74) is 15.5. The number of fused-ring (bicyclic) bond motifs is 4. The van der Waals surface area contributed by atoms with Crippen molar-refractivity contribution in [1.82, 2.24) is 30.7 Å². The van der Waals surface area contributed by atoms with Gasteiger partial charge in [0.2, 0.25) is 23.6 Å². The summed E-state index contributed by atoms with van der Waals surface area (Å²) in [5.74, 6) is 0.0545. The van der Waals surface area contributed by atoms with Crippen LogP contribution in [0, 0.1) is 6.92 Å². The van der Waals surface area contributed by atoms with E-state index in [1.807, 2.05) is 55.5 Å². The molecule has 6 fully saturated rings. The number of hydrogen-bond donors (Lipinski definition) is 5. The minimum Gasteiger partial charge on any atom is -0.508 e. The Kier molecular flexibility index (Phi) is 25.1. The van der Waals surface area contributed by atoms with Crippen LogP contribution in [0.4, 0.5) is 31.5 Å². The maximum atomic E-state index is 16.4. The molecule has 636 valence electrons. The topological polar surface area (TPSA) is 245 Å². The summed E-state index contributed by atoms with van der Waals surface area (Å²) in [7, 11) is -4.01. The van der Waals surface area contributed by atoms with E-state index in [0.717, 1.165) is 117 Å². The van der Waals surface area contributed by atoms with Crippen molar-refractivity contribution in [2.45, 2.75) is 149 Å². The van der Waals surface area contributed by atoms with Gasteiger partial charge in [0, 0.05) is 182 Å². The Hall–Kier alpha value is -11.0. The number of nitrogens with zero attached hydrogens (tertiary/aromatic N) is 7. The van der Waals surface area contributed by atoms with Gasteiger partial charge in [0.1, 0.15) is 41.5 Å². The number of carbonyl (C=O) groups is 6. The summed E-state index contributed by atoms with van der Waals surface area (Å²) in [6, 6.07) is 67.4. The first-order chi connectivity index (χ1) is 58.5. The molecule has 5 N–H and O–H groups in total. The van der Waals surface area contributed by atoms with Gasteiger partial charge in [-0.2, -0.15) is 8.42 Å². The van der Waals surface area contributed by atoms with Crippen LogP contribution in [0.3, 0.4) is 0 Å². The molecule has 122 heavy (non-hydrogen) atoms. The molecule has 0 radical (unpaired) electrons. The summed E-state index contributed by atoms with van der Waals surface area (Å²) in [6.45, 7) is 11.8. The second kappa shape index (κ2) is 36.2. The lowest BCUT2D eigenvalue weighted by Gasteiger charge is -2.43. The lowest BCUT2D eigenvalue weighted by atomic mass is 9.69. The summed E-state index contributed by atoms with van der Waals surface area (Å²) in [4.78, 5) is 87.8. The van der Waals surface area contributed by atoms with Crippen molar-refractivity contribution < 1.29 is 60.4 Å². The second-order valence-electron chi connectivity index (χ2n) is 34.3. The maximum Gasteiger partial charge on any atom is 0.297 e. The molecular weight excluding hydrogens is 1590 g/mol. The highest BCUT2D eigenvalue weighted by Crippen LogP contribution is 2.50. The van der Waals surface area contributed by atoms with Crippen molar-refractivity contribution >= 4 is 80.7 Å². The van der Waals surface area contributed by atoms with Gasteiger partial charge in [0.15, 0.2) is 0 Å². The monoisotopic (exact) mass is 1690 g/mol. The Morgan fingerprint density at radius 2 is 0.852 bits per heavy atom. The van der Waals surface area contributed by atoms with E-state index in [2.05, 4.69) is 168 Å². The highest BCUT2D eigenvalue weighted by molar-refractivity contribution is 7.86. The fourth-order valence-electron chi connectivity index (χ4n) is 19.9. The molecule has 9 aromatic carbocycles. The third kappa shape index (κ3) is 18.4. The molecule has 21 nitrogen and oxygen atoms in total. The third-order valence-corrected chi connectivity index (χ3v) is 28.0. The Balaban J connectivity index is 0.000000145. The zero-order valence-electron chi connectivity index (χ0n) is 68.7. The van der Waals surface area contributed by atoms with Gasteiger partial charge in [0.05, 0.1) is 4.90 Å². The van der Waals surface area contributed by atoms with Crippen LogP contribution in [0.1, 0.15) is 170 Å². The number of alkyl halides is 2. The number of aryl methyl sites for hydroxylation is 3. The van der Waals surface area contributed by atoms with Gasteiger partial charge in [-0.1, -0.05) is 115 Å². The zero-order chi connectivity index (χ0) is 83.7. The number of anilines is 4. The zero-order valence-corrected chi connectivity index (χ0v) is 70.3. The first-order valence-corrected chi connectivity index (χ1v) is 44.2. The number of imide groups is 2. The molecular formula is C97H105ClF2N10O11S. The van der Waals surface area contributed by atoms with E-state index >= 15 is 8.78 Å². The van der Waals surface area contributed by atoms with Crippen LogP contribution in [0.25, 0.3) is 0 Å². The van der Waals surface area contributed by atoms with E-state index in [1.54, 1.807) is 28.0 Å². The Morgan fingerprint density at radius 3 is 1.30 bits per heavy atom. The molecule has 8 aliphatic heterocycles. The fraction of sp³-hybridized carbons (Fsp3) is 0.381. The fourth-order valence-corrected chi connectivity index (χ4v) is 20.9.